The second kappa shape index (κ2) is 16.3. The maximum Gasteiger partial charge on any atom is 0.306 e. The molecule has 0 heterocycles. The van der Waals surface area contributed by atoms with Crippen LogP contribution >= 0.6 is 0 Å². The summed E-state index contributed by atoms with van der Waals surface area (Å²) in [5.41, 5.74) is 0. The standard InChI is InChI=1S/C18H31NO8/c1-14(20)12-15(18(23)24)5-6-17(22)19-7-9-26-10-11-27-13-16(21)4-3-8-25-2/h15H,3-13H2,1-2H3,(H,19,22)(H,23,24). The monoisotopic (exact) mass is 389 g/mol. The third-order valence-electron chi connectivity index (χ3n) is 3.61. The molecule has 0 aromatic rings. The van der Waals surface area contributed by atoms with E-state index in [1.54, 1.807) is 7.11 Å². The molecule has 0 radical (unpaired) electrons. The molecule has 0 aromatic carbocycles. The zero-order chi connectivity index (χ0) is 20.5. The van der Waals surface area contributed by atoms with Crippen LogP contribution in [0.25, 0.3) is 0 Å². The van der Waals surface area contributed by atoms with E-state index in [2.05, 4.69) is 5.32 Å². The van der Waals surface area contributed by atoms with E-state index in [4.69, 9.17) is 19.3 Å². The van der Waals surface area contributed by atoms with Gasteiger partial charge >= 0.3 is 5.97 Å². The molecule has 0 rings (SSSR count). The summed E-state index contributed by atoms with van der Waals surface area (Å²) in [5, 5.41) is 11.6. The number of carboxylic acids is 1. The molecule has 0 saturated carbocycles. The van der Waals surface area contributed by atoms with Gasteiger partial charge in [-0.15, -0.1) is 0 Å². The molecule has 0 aliphatic carbocycles. The molecule has 0 spiro atoms. The lowest BCUT2D eigenvalue weighted by molar-refractivity contribution is -0.144. The topological polar surface area (TPSA) is 128 Å². The molecular weight excluding hydrogens is 358 g/mol. The van der Waals surface area contributed by atoms with Gasteiger partial charge in [0.15, 0.2) is 5.78 Å². The number of hydrogen-bond donors (Lipinski definition) is 2. The van der Waals surface area contributed by atoms with Crippen molar-refractivity contribution >= 4 is 23.4 Å². The summed E-state index contributed by atoms with van der Waals surface area (Å²) < 4.78 is 15.3. The number of methoxy groups -OCH3 is 1. The van der Waals surface area contributed by atoms with Crippen LogP contribution in [-0.4, -0.2) is 75.2 Å². The molecule has 0 aliphatic heterocycles. The largest absolute Gasteiger partial charge is 0.481 e. The summed E-state index contributed by atoms with van der Waals surface area (Å²) in [6.07, 6.45) is 1.19. The number of carbonyl (C=O) groups excluding carboxylic acids is 3. The maximum atomic E-state index is 11.7. The summed E-state index contributed by atoms with van der Waals surface area (Å²) >= 11 is 0. The van der Waals surface area contributed by atoms with Crippen LogP contribution in [0.2, 0.25) is 0 Å². The van der Waals surface area contributed by atoms with Gasteiger partial charge in [0.25, 0.3) is 0 Å². The number of ketones is 2. The number of ether oxygens (including phenoxy) is 3. The van der Waals surface area contributed by atoms with Crippen molar-refractivity contribution in [1.82, 2.24) is 5.32 Å². The van der Waals surface area contributed by atoms with Crippen molar-refractivity contribution in [3.8, 4) is 0 Å². The number of nitrogens with one attached hydrogen (secondary N) is 1. The normalized spacial score (nSPS) is 11.8. The Morgan fingerprint density at radius 1 is 1.00 bits per heavy atom. The van der Waals surface area contributed by atoms with Gasteiger partial charge in [0.05, 0.1) is 25.7 Å². The minimum absolute atomic E-state index is 0.0174. The number of amides is 1. The lowest BCUT2D eigenvalue weighted by Crippen LogP contribution is -2.29. The molecule has 0 saturated heterocycles. The van der Waals surface area contributed by atoms with Gasteiger partial charge in [0.2, 0.25) is 5.91 Å². The molecule has 9 heteroatoms. The predicted molar refractivity (Wildman–Crippen MR) is 96.4 cm³/mol. The Balaban J connectivity index is 3.59. The third kappa shape index (κ3) is 16.1. The van der Waals surface area contributed by atoms with Gasteiger partial charge in [-0.25, -0.2) is 0 Å². The molecule has 0 aliphatic rings. The first-order chi connectivity index (χ1) is 12.9. The van der Waals surface area contributed by atoms with E-state index in [1.165, 1.54) is 6.92 Å². The van der Waals surface area contributed by atoms with Crippen molar-refractivity contribution < 1.29 is 38.5 Å². The number of Topliss-reactive ketones (excluding diaryl/α,β-unsaturated/α-hetero) is 2. The van der Waals surface area contributed by atoms with Gasteiger partial charge in [0, 0.05) is 39.5 Å². The second-order valence-electron chi connectivity index (χ2n) is 6.13. The van der Waals surface area contributed by atoms with E-state index in [0.717, 1.165) is 0 Å². The number of rotatable bonds is 18. The van der Waals surface area contributed by atoms with Crippen LogP contribution in [0.3, 0.4) is 0 Å². The van der Waals surface area contributed by atoms with Crippen LogP contribution in [0, 0.1) is 5.92 Å². The third-order valence-corrected chi connectivity index (χ3v) is 3.61. The Morgan fingerprint density at radius 3 is 2.33 bits per heavy atom. The highest BCUT2D eigenvalue weighted by molar-refractivity contribution is 5.83. The summed E-state index contributed by atoms with van der Waals surface area (Å²) in [7, 11) is 1.59. The maximum absolute atomic E-state index is 11.7. The molecule has 0 fully saturated rings. The van der Waals surface area contributed by atoms with Gasteiger partial charge in [-0.2, -0.15) is 0 Å². The molecule has 1 atom stereocenters. The van der Waals surface area contributed by atoms with Crippen LogP contribution in [0.5, 0.6) is 0 Å². The summed E-state index contributed by atoms with van der Waals surface area (Å²) in [6, 6.07) is 0. The molecule has 0 aromatic heterocycles. The van der Waals surface area contributed by atoms with Gasteiger partial charge in [0.1, 0.15) is 12.4 Å². The molecule has 1 unspecified atom stereocenters. The predicted octanol–water partition coefficient (Wildman–Crippen LogP) is 0.592. The smallest absolute Gasteiger partial charge is 0.306 e. The number of aliphatic carboxylic acids is 1. The first-order valence-corrected chi connectivity index (χ1v) is 9.01. The fourth-order valence-electron chi connectivity index (χ4n) is 2.21. The molecule has 2 N–H and O–H groups in total. The van der Waals surface area contributed by atoms with E-state index in [0.29, 0.717) is 32.6 Å². The summed E-state index contributed by atoms with van der Waals surface area (Å²) in [5.74, 6) is -2.39. The van der Waals surface area contributed by atoms with E-state index in [-0.39, 0.29) is 56.6 Å². The van der Waals surface area contributed by atoms with Crippen LogP contribution in [0.4, 0.5) is 0 Å². The van der Waals surface area contributed by atoms with Gasteiger partial charge < -0.3 is 29.4 Å². The zero-order valence-corrected chi connectivity index (χ0v) is 16.2. The van der Waals surface area contributed by atoms with Crippen molar-refractivity contribution in [2.45, 2.75) is 39.0 Å². The van der Waals surface area contributed by atoms with Crippen LogP contribution in [-0.2, 0) is 33.4 Å². The second-order valence-corrected chi connectivity index (χ2v) is 6.13. The van der Waals surface area contributed by atoms with Crippen molar-refractivity contribution in [3.63, 3.8) is 0 Å². The average Bonchev–Trinajstić information content (AvgIpc) is 2.60. The fourth-order valence-corrected chi connectivity index (χ4v) is 2.21. The first kappa shape index (κ1) is 25.2. The molecule has 0 bridgehead atoms. The molecule has 27 heavy (non-hydrogen) atoms. The van der Waals surface area contributed by atoms with Crippen LogP contribution in [0.1, 0.15) is 39.0 Å². The quantitative estimate of drug-likeness (QED) is 0.326. The van der Waals surface area contributed by atoms with E-state index >= 15 is 0 Å². The molecule has 9 nitrogen and oxygen atoms in total. The summed E-state index contributed by atoms with van der Waals surface area (Å²) in [4.78, 5) is 45.1. The van der Waals surface area contributed by atoms with Gasteiger partial charge in [-0.3, -0.25) is 14.4 Å². The molecular formula is C18H31NO8. The molecule has 1 amide bonds. The van der Waals surface area contributed by atoms with Crippen LogP contribution < -0.4 is 5.32 Å². The first-order valence-electron chi connectivity index (χ1n) is 9.01. The van der Waals surface area contributed by atoms with E-state index in [1.807, 2.05) is 0 Å². The van der Waals surface area contributed by atoms with Crippen molar-refractivity contribution in [2.75, 3.05) is 46.7 Å². The minimum Gasteiger partial charge on any atom is -0.481 e. The zero-order valence-electron chi connectivity index (χ0n) is 16.2. The van der Waals surface area contributed by atoms with E-state index in [9.17, 15) is 19.2 Å². The fraction of sp³-hybridized carbons (Fsp3) is 0.778. The average molecular weight is 389 g/mol. The Hall–Kier alpha value is -1.84. The number of carboxylic acid groups (broad SMARTS) is 1. The number of carbonyl (C=O) groups is 4. The van der Waals surface area contributed by atoms with Gasteiger partial charge in [-0.05, 0) is 19.8 Å². The highest BCUT2D eigenvalue weighted by Gasteiger charge is 2.20. The Labute approximate surface area is 159 Å². The van der Waals surface area contributed by atoms with Crippen LogP contribution in [0.15, 0.2) is 0 Å². The Kier molecular flexibility index (Phi) is 15.2. The lowest BCUT2D eigenvalue weighted by Gasteiger charge is -2.10. The minimum atomic E-state index is -1.07. The highest BCUT2D eigenvalue weighted by Crippen LogP contribution is 2.12. The lowest BCUT2D eigenvalue weighted by atomic mass is 9.97. The summed E-state index contributed by atoms with van der Waals surface area (Å²) in [6.45, 7) is 3.10. The van der Waals surface area contributed by atoms with E-state index < -0.39 is 11.9 Å². The van der Waals surface area contributed by atoms with Crippen molar-refractivity contribution in [1.29, 1.82) is 0 Å². The van der Waals surface area contributed by atoms with Crippen molar-refractivity contribution in [3.05, 3.63) is 0 Å². The number of hydrogen-bond acceptors (Lipinski definition) is 7. The Morgan fingerprint density at radius 2 is 1.70 bits per heavy atom. The Bertz CT molecular complexity index is 466. The highest BCUT2D eigenvalue weighted by atomic mass is 16.5. The van der Waals surface area contributed by atoms with Crippen molar-refractivity contribution in [2.24, 2.45) is 5.92 Å². The molecule has 156 valence electrons. The van der Waals surface area contributed by atoms with Gasteiger partial charge in [-0.1, -0.05) is 0 Å². The SMILES string of the molecule is COCCCC(=O)COCCOCCNC(=O)CCC(CC(C)=O)C(=O)O.